The molecule has 2 aromatic carbocycles. The number of amides is 1. The molecule has 3 rings (SSSR count). The van der Waals surface area contributed by atoms with Gasteiger partial charge in [-0.1, -0.05) is 48.9 Å². The molecule has 0 aliphatic carbocycles. The molecular formula is C19H20N4OS. The molecule has 1 aromatic heterocycles. The van der Waals surface area contributed by atoms with Crippen molar-refractivity contribution in [3.63, 3.8) is 0 Å². The maximum Gasteiger partial charge on any atom is 0.244 e. The minimum absolute atomic E-state index is 0.106. The van der Waals surface area contributed by atoms with Gasteiger partial charge in [-0.15, -0.1) is 0 Å². The molecular weight excluding hydrogens is 332 g/mol. The molecule has 1 heterocycles. The fourth-order valence-electron chi connectivity index (χ4n) is 2.60. The van der Waals surface area contributed by atoms with Crippen molar-refractivity contribution >= 4 is 23.8 Å². The van der Waals surface area contributed by atoms with Gasteiger partial charge in [-0.25, -0.2) is 0 Å². The summed E-state index contributed by atoms with van der Waals surface area (Å²) in [7, 11) is 0. The molecule has 0 aliphatic rings. The number of nitrogens with zero attached hydrogens (tertiary/aromatic N) is 2. The molecule has 0 radical (unpaired) electrons. The highest BCUT2D eigenvalue weighted by atomic mass is 32.1. The normalized spacial score (nSPS) is 10.6. The summed E-state index contributed by atoms with van der Waals surface area (Å²) in [6, 6.07) is 15.8. The lowest BCUT2D eigenvalue weighted by Crippen LogP contribution is -2.19. The second-order valence-electron chi connectivity index (χ2n) is 5.91. The monoisotopic (exact) mass is 352 g/mol. The number of benzene rings is 2. The van der Waals surface area contributed by atoms with Crippen LogP contribution in [0.25, 0.3) is 11.4 Å². The van der Waals surface area contributed by atoms with Crippen LogP contribution in [0, 0.1) is 11.7 Å². The molecule has 0 atom stereocenters. The highest BCUT2D eigenvalue weighted by molar-refractivity contribution is 7.71. The number of aryl methyl sites for hydroxylation is 2. The first-order valence-corrected chi connectivity index (χ1v) is 8.58. The van der Waals surface area contributed by atoms with E-state index in [0.717, 1.165) is 23.2 Å². The van der Waals surface area contributed by atoms with Gasteiger partial charge >= 0.3 is 0 Å². The van der Waals surface area contributed by atoms with Gasteiger partial charge in [0.2, 0.25) is 5.91 Å². The Kier molecular flexibility index (Phi) is 5.09. The fourth-order valence-corrected chi connectivity index (χ4v) is 2.80. The van der Waals surface area contributed by atoms with Crippen LogP contribution >= 0.6 is 12.2 Å². The van der Waals surface area contributed by atoms with E-state index in [-0.39, 0.29) is 12.5 Å². The van der Waals surface area contributed by atoms with E-state index >= 15 is 0 Å². The van der Waals surface area contributed by atoms with Crippen LogP contribution in [0.1, 0.15) is 18.1 Å². The fraction of sp³-hybridized carbons (Fsp3) is 0.211. The maximum atomic E-state index is 12.4. The molecule has 0 bridgehead atoms. The van der Waals surface area contributed by atoms with Gasteiger partial charge in [0.05, 0.1) is 0 Å². The van der Waals surface area contributed by atoms with Crippen molar-refractivity contribution < 1.29 is 4.79 Å². The van der Waals surface area contributed by atoms with E-state index in [0.29, 0.717) is 10.6 Å². The second kappa shape index (κ2) is 7.44. The number of carbonyl (C=O) groups excluding carboxylic acids is 1. The van der Waals surface area contributed by atoms with E-state index < -0.39 is 0 Å². The SMILES string of the molecule is CCc1cccc(NC(=O)Cn2c(-c3ccc(C)cc3)n[nH]c2=S)c1. The van der Waals surface area contributed by atoms with Crippen molar-refractivity contribution in [2.75, 3.05) is 5.32 Å². The number of carbonyl (C=O) groups is 1. The van der Waals surface area contributed by atoms with Crippen molar-refractivity contribution in [2.24, 2.45) is 0 Å². The molecule has 2 N–H and O–H groups in total. The molecule has 6 heteroatoms. The molecule has 3 aromatic rings. The third-order valence-corrected chi connectivity index (χ3v) is 4.30. The summed E-state index contributed by atoms with van der Waals surface area (Å²) in [5, 5.41) is 9.96. The quantitative estimate of drug-likeness (QED) is 0.679. The first-order valence-electron chi connectivity index (χ1n) is 8.18. The van der Waals surface area contributed by atoms with Crippen LogP contribution in [0.5, 0.6) is 0 Å². The van der Waals surface area contributed by atoms with E-state index in [1.54, 1.807) is 4.57 Å². The second-order valence-corrected chi connectivity index (χ2v) is 6.29. The average molecular weight is 352 g/mol. The zero-order valence-corrected chi connectivity index (χ0v) is 15.1. The Balaban J connectivity index is 1.80. The van der Waals surface area contributed by atoms with Crippen LogP contribution in [-0.2, 0) is 17.8 Å². The number of H-pyrrole nitrogens is 1. The largest absolute Gasteiger partial charge is 0.325 e. The molecule has 0 aliphatic heterocycles. The van der Waals surface area contributed by atoms with Crippen LogP contribution < -0.4 is 5.32 Å². The third-order valence-electron chi connectivity index (χ3n) is 3.99. The topological polar surface area (TPSA) is 62.7 Å². The van der Waals surface area contributed by atoms with E-state index in [9.17, 15) is 4.79 Å². The summed E-state index contributed by atoms with van der Waals surface area (Å²) in [5.74, 6) is 0.515. The van der Waals surface area contributed by atoms with Gasteiger partial charge in [-0.05, 0) is 43.3 Å². The minimum atomic E-state index is -0.140. The van der Waals surface area contributed by atoms with Gasteiger partial charge in [-0.3, -0.25) is 14.5 Å². The molecule has 0 saturated heterocycles. The van der Waals surface area contributed by atoms with Crippen molar-refractivity contribution in [3.8, 4) is 11.4 Å². The predicted octanol–water partition coefficient (Wildman–Crippen LogP) is 4.12. The first kappa shape index (κ1) is 17.1. The van der Waals surface area contributed by atoms with E-state index in [2.05, 4.69) is 22.4 Å². The lowest BCUT2D eigenvalue weighted by atomic mass is 10.1. The molecule has 0 fully saturated rings. The lowest BCUT2D eigenvalue weighted by molar-refractivity contribution is -0.116. The Hall–Kier alpha value is -2.73. The molecule has 5 nitrogen and oxygen atoms in total. The van der Waals surface area contributed by atoms with E-state index in [4.69, 9.17) is 12.2 Å². The Morgan fingerprint density at radius 2 is 2.00 bits per heavy atom. The van der Waals surface area contributed by atoms with Crippen molar-refractivity contribution in [1.82, 2.24) is 14.8 Å². The Bertz CT molecular complexity index is 941. The zero-order chi connectivity index (χ0) is 17.8. The molecule has 0 spiro atoms. The number of hydrogen-bond acceptors (Lipinski definition) is 3. The Morgan fingerprint density at radius 3 is 2.72 bits per heavy atom. The number of hydrogen-bond donors (Lipinski definition) is 2. The Labute approximate surface area is 151 Å². The number of nitrogens with one attached hydrogen (secondary N) is 2. The molecule has 1 amide bonds. The van der Waals surface area contributed by atoms with Crippen molar-refractivity contribution in [3.05, 3.63) is 64.4 Å². The average Bonchev–Trinajstić information content (AvgIpc) is 2.96. The highest BCUT2D eigenvalue weighted by Crippen LogP contribution is 2.18. The van der Waals surface area contributed by atoms with Crippen LogP contribution in [0.4, 0.5) is 5.69 Å². The van der Waals surface area contributed by atoms with Gasteiger partial charge in [0.25, 0.3) is 0 Å². The van der Waals surface area contributed by atoms with Crippen molar-refractivity contribution in [2.45, 2.75) is 26.8 Å². The smallest absolute Gasteiger partial charge is 0.244 e. The summed E-state index contributed by atoms with van der Waals surface area (Å²) >= 11 is 5.29. The van der Waals surface area contributed by atoms with E-state index in [1.165, 1.54) is 5.56 Å². The van der Waals surface area contributed by atoms with Crippen LogP contribution in [0.15, 0.2) is 48.5 Å². The molecule has 0 unspecified atom stereocenters. The molecule has 25 heavy (non-hydrogen) atoms. The van der Waals surface area contributed by atoms with Gasteiger partial charge in [-0.2, -0.15) is 5.10 Å². The van der Waals surface area contributed by atoms with Gasteiger partial charge < -0.3 is 5.32 Å². The number of aromatic amines is 1. The summed E-state index contributed by atoms with van der Waals surface area (Å²) < 4.78 is 2.13. The highest BCUT2D eigenvalue weighted by Gasteiger charge is 2.12. The third kappa shape index (κ3) is 4.03. The van der Waals surface area contributed by atoms with Gasteiger partial charge in [0.15, 0.2) is 10.6 Å². The van der Waals surface area contributed by atoms with Crippen LogP contribution in [0.3, 0.4) is 0 Å². The minimum Gasteiger partial charge on any atom is -0.325 e. The summed E-state index contributed by atoms with van der Waals surface area (Å²) in [6.07, 6.45) is 0.925. The number of anilines is 1. The molecule has 0 saturated carbocycles. The Morgan fingerprint density at radius 1 is 1.24 bits per heavy atom. The standard InChI is InChI=1S/C19H20N4OS/c1-3-14-5-4-6-16(11-14)20-17(24)12-23-18(21-22-19(23)25)15-9-7-13(2)8-10-15/h4-11H,3,12H2,1-2H3,(H,20,24)(H,22,25). The molecule has 128 valence electrons. The summed E-state index contributed by atoms with van der Waals surface area (Å²) in [4.78, 5) is 12.4. The van der Waals surface area contributed by atoms with Gasteiger partial charge in [0.1, 0.15) is 6.54 Å². The number of aromatic nitrogens is 3. The number of rotatable bonds is 5. The lowest BCUT2D eigenvalue weighted by Gasteiger charge is -2.09. The van der Waals surface area contributed by atoms with Gasteiger partial charge in [0, 0.05) is 11.3 Å². The van der Waals surface area contributed by atoms with Crippen LogP contribution in [0.2, 0.25) is 0 Å². The van der Waals surface area contributed by atoms with E-state index in [1.807, 2.05) is 55.5 Å². The maximum absolute atomic E-state index is 12.4. The van der Waals surface area contributed by atoms with Crippen molar-refractivity contribution in [1.29, 1.82) is 0 Å². The summed E-state index contributed by atoms with van der Waals surface area (Å²) in [5.41, 5.74) is 4.05. The predicted molar refractivity (Wildman–Crippen MR) is 102 cm³/mol. The zero-order valence-electron chi connectivity index (χ0n) is 14.2. The summed E-state index contributed by atoms with van der Waals surface area (Å²) in [6.45, 7) is 4.22. The van der Waals surface area contributed by atoms with Crippen LogP contribution in [-0.4, -0.2) is 20.7 Å². The first-order chi connectivity index (χ1) is 12.1.